The lowest BCUT2D eigenvalue weighted by atomic mass is 9.43. The van der Waals surface area contributed by atoms with Crippen molar-refractivity contribution in [1.82, 2.24) is 9.55 Å². The molecule has 310 valence electrons. The molecule has 63 heavy (non-hydrogen) atoms. The average Bonchev–Trinajstić information content (AvgIpc) is 3.89. The number of hydrogen-bond acceptors (Lipinski definition) is 3. The topological polar surface area (TPSA) is 34.2 Å². The number of hydrogen-bond donors (Lipinski definition) is 0. The van der Waals surface area contributed by atoms with Crippen LogP contribution in [0.2, 0.25) is 0 Å². The molecule has 4 heterocycles. The number of nitrogens with zero attached hydrogens (tertiary/aromatic N) is 3. The second kappa shape index (κ2) is 12.4. The van der Waals surface area contributed by atoms with Crippen LogP contribution in [-0.4, -0.2) is 16.4 Å². The van der Waals surface area contributed by atoms with Gasteiger partial charge in [-0.1, -0.05) is 143 Å². The summed E-state index contributed by atoms with van der Waals surface area (Å²) in [5.41, 5.74) is 23.2. The van der Waals surface area contributed by atoms with Crippen molar-refractivity contribution in [3.8, 4) is 39.4 Å². The zero-order chi connectivity index (χ0) is 43.7. The SMILES string of the molecule is CC(C)(C)c1ccc(N2B3c4cc5nc(-c6ccccc6)oc5cc4-n4c5ccc(C(C)(C)C)cc5c5c6c(c(c3c54)-c3cc(C(C)(C)C)ccc32)-c2ccccc2C6(C)C)cc1. The van der Waals surface area contributed by atoms with Crippen LogP contribution < -0.4 is 15.7 Å². The fourth-order valence-electron chi connectivity index (χ4n) is 11.3. The third-order valence-electron chi connectivity index (χ3n) is 14.6. The van der Waals surface area contributed by atoms with E-state index in [0.29, 0.717) is 5.89 Å². The molecule has 5 heteroatoms. The number of aromatic nitrogens is 2. The standard InChI is InChI=1S/C58H54BN3O/c1-55(2,3)34-21-25-37(26-22-34)62-45-28-24-36(57(7,8)9)30-40(45)49-48-38-19-15-16-20-41(38)58(10,11)51(48)50-39-29-35(56(4,5)6)23-27-44(39)61-46-32-47-43(31-42(46)59(62)52(49)53(50)61)60-54(63-47)33-17-13-12-14-18-33/h12-32H,1-11H3. The summed E-state index contributed by atoms with van der Waals surface area (Å²) >= 11 is 0. The van der Waals surface area contributed by atoms with Crippen molar-refractivity contribution < 1.29 is 4.42 Å². The predicted octanol–water partition coefficient (Wildman–Crippen LogP) is 14.0. The summed E-state index contributed by atoms with van der Waals surface area (Å²) in [6, 6.07) is 48.1. The molecular weight excluding hydrogens is 765 g/mol. The monoisotopic (exact) mass is 819 g/mol. The maximum Gasteiger partial charge on any atom is 0.333 e. The van der Waals surface area contributed by atoms with E-state index in [9.17, 15) is 0 Å². The molecule has 2 aromatic heterocycles. The van der Waals surface area contributed by atoms with Gasteiger partial charge in [0.15, 0.2) is 5.58 Å². The van der Waals surface area contributed by atoms with Gasteiger partial charge in [-0.3, -0.25) is 0 Å². The van der Waals surface area contributed by atoms with Crippen molar-refractivity contribution >= 4 is 62.1 Å². The van der Waals surface area contributed by atoms with E-state index in [2.05, 4.69) is 195 Å². The second-order valence-electron chi connectivity index (χ2n) is 22.1. The van der Waals surface area contributed by atoms with Gasteiger partial charge in [0.25, 0.3) is 0 Å². The molecule has 3 aliphatic rings. The van der Waals surface area contributed by atoms with E-state index in [1.807, 2.05) is 18.2 Å². The fraction of sp³-hybridized carbons (Fsp3) is 0.259. The van der Waals surface area contributed by atoms with E-state index in [1.54, 1.807) is 0 Å². The predicted molar refractivity (Wildman–Crippen MR) is 266 cm³/mol. The molecule has 0 N–H and O–H groups in total. The van der Waals surface area contributed by atoms with Crippen molar-refractivity contribution in [1.29, 1.82) is 0 Å². The molecular formula is C58H54BN3O. The van der Waals surface area contributed by atoms with Gasteiger partial charge in [0.05, 0.1) is 11.0 Å². The normalized spacial score (nSPS) is 15.0. The molecule has 12 rings (SSSR count). The molecule has 0 amide bonds. The van der Waals surface area contributed by atoms with E-state index in [-0.39, 0.29) is 28.5 Å². The Labute approximate surface area is 371 Å². The maximum atomic E-state index is 6.73. The van der Waals surface area contributed by atoms with Gasteiger partial charge >= 0.3 is 6.85 Å². The molecule has 2 aliphatic heterocycles. The van der Waals surface area contributed by atoms with Gasteiger partial charge in [-0.05, 0) is 126 Å². The van der Waals surface area contributed by atoms with Crippen molar-refractivity contribution in [2.75, 3.05) is 4.81 Å². The Hall–Kier alpha value is -6.33. The second-order valence-corrected chi connectivity index (χ2v) is 22.1. The highest BCUT2D eigenvalue weighted by atomic mass is 16.3. The highest BCUT2D eigenvalue weighted by molar-refractivity contribution is 6.94. The first-order valence-corrected chi connectivity index (χ1v) is 22.7. The number of fused-ring (bicyclic) bond motifs is 14. The Morgan fingerprint density at radius 1 is 0.603 bits per heavy atom. The maximum absolute atomic E-state index is 6.73. The van der Waals surface area contributed by atoms with Crippen molar-refractivity contribution in [3.05, 3.63) is 155 Å². The Bertz CT molecular complexity index is 3420. The summed E-state index contributed by atoms with van der Waals surface area (Å²) in [6.45, 7) is 25.7. The quantitative estimate of drug-likeness (QED) is 0.163. The summed E-state index contributed by atoms with van der Waals surface area (Å²) in [7, 11) is 0. The van der Waals surface area contributed by atoms with Gasteiger partial charge in [0.2, 0.25) is 5.89 Å². The largest absolute Gasteiger partial charge is 0.436 e. The highest BCUT2D eigenvalue weighted by Gasteiger charge is 2.50. The summed E-state index contributed by atoms with van der Waals surface area (Å²) in [5.74, 6) is 0.638. The van der Waals surface area contributed by atoms with Gasteiger partial charge in [-0.25, -0.2) is 4.98 Å². The molecule has 7 aromatic carbocycles. The summed E-state index contributed by atoms with van der Waals surface area (Å²) in [4.78, 5) is 7.88. The molecule has 0 spiro atoms. The average molecular weight is 820 g/mol. The van der Waals surface area contributed by atoms with Crippen LogP contribution in [0.3, 0.4) is 0 Å². The minimum Gasteiger partial charge on any atom is -0.436 e. The Balaban J connectivity index is 1.31. The zero-order valence-electron chi connectivity index (χ0n) is 38.5. The van der Waals surface area contributed by atoms with Gasteiger partial charge in [0, 0.05) is 50.4 Å². The van der Waals surface area contributed by atoms with Crippen molar-refractivity contribution in [2.24, 2.45) is 0 Å². The van der Waals surface area contributed by atoms with Crippen molar-refractivity contribution in [2.45, 2.75) is 97.8 Å². The lowest BCUT2D eigenvalue weighted by Crippen LogP contribution is -2.60. The van der Waals surface area contributed by atoms with Crippen LogP contribution >= 0.6 is 0 Å². The van der Waals surface area contributed by atoms with Crippen LogP contribution in [0.5, 0.6) is 0 Å². The summed E-state index contributed by atoms with van der Waals surface area (Å²) in [5, 5.41) is 2.67. The number of oxazole rings is 1. The molecule has 9 aromatic rings. The van der Waals surface area contributed by atoms with Crippen LogP contribution in [0.25, 0.3) is 72.3 Å². The number of benzene rings is 7. The minimum absolute atomic E-state index is 0.0265. The van der Waals surface area contributed by atoms with E-state index < -0.39 is 0 Å². The lowest BCUT2D eigenvalue weighted by molar-refractivity contribution is 0.590. The zero-order valence-corrected chi connectivity index (χ0v) is 38.5. The Morgan fingerprint density at radius 3 is 1.97 bits per heavy atom. The van der Waals surface area contributed by atoms with Crippen LogP contribution in [0.4, 0.5) is 11.4 Å². The van der Waals surface area contributed by atoms with Crippen molar-refractivity contribution in [3.63, 3.8) is 0 Å². The molecule has 0 radical (unpaired) electrons. The molecule has 0 saturated heterocycles. The van der Waals surface area contributed by atoms with Crippen LogP contribution in [0.1, 0.15) is 104 Å². The molecule has 0 saturated carbocycles. The molecule has 1 aliphatic carbocycles. The summed E-state index contributed by atoms with van der Waals surface area (Å²) in [6.07, 6.45) is 0. The molecule has 0 fully saturated rings. The molecule has 0 atom stereocenters. The molecule has 0 bridgehead atoms. The van der Waals surface area contributed by atoms with E-state index in [1.165, 1.54) is 94.2 Å². The Kier molecular flexibility index (Phi) is 7.57. The minimum atomic E-state index is -0.255. The third kappa shape index (κ3) is 5.26. The summed E-state index contributed by atoms with van der Waals surface area (Å²) < 4.78 is 9.33. The molecule has 0 unspecified atom stereocenters. The first kappa shape index (κ1) is 38.4. The van der Waals surface area contributed by atoms with Crippen LogP contribution in [-0.2, 0) is 21.7 Å². The van der Waals surface area contributed by atoms with E-state index >= 15 is 0 Å². The van der Waals surface area contributed by atoms with E-state index in [4.69, 9.17) is 9.40 Å². The van der Waals surface area contributed by atoms with E-state index in [0.717, 1.165) is 22.4 Å². The molecule has 4 nitrogen and oxygen atoms in total. The Morgan fingerprint density at radius 2 is 1.25 bits per heavy atom. The first-order valence-electron chi connectivity index (χ1n) is 22.7. The highest BCUT2D eigenvalue weighted by Crippen LogP contribution is 2.59. The fourth-order valence-corrected chi connectivity index (χ4v) is 11.3. The van der Waals surface area contributed by atoms with Gasteiger partial charge in [0.1, 0.15) is 5.52 Å². The third-order valence-corrected chi connectivity index (χ3v) is 14.6. The first-order chi connectivity index (χ1) is 29.9. The van der Waals surface area contributed by atoms with Gasteiger partial charge < -0.3 is 13.8 Å². The number of anilines is 2. The van der Waals surface area contributed by atoms with Gasteiger partial charge in [-0.15, -0.1) is 0 Å². The van der Waals surface area contributed by atoms with Crippen LogP contribution in [0.15, 0.2) is 132 Å². The smallest absolute Gasteiger partial charge is 0.333 e. The van der Waals surface area contributed by atoms with Crippen LogP contribution in [0, 0.1) is 0 Å². The lowest BCUT2D eigenvalue weighted by Gasteiger charge is -2.43. The van der Waals surface area contributed by atoms with Gasteiger partial charge in [-0.2, -0.15) is 0 Å². The number of rotatable bonds is 2.